The van der Waals surface area contributed by atoms with Gasteiger partial charge in [0.2, 0.25) is 5.91 Å². The van der Waals surface area contributed by atoms with Gasteiger partial charge in [-0.3, -0.25) is 4.79 Å². The van der Waals surface area contributed by atoms with Crippen molar-refractivity contribution in [1.29, 1.82) is 0 Å². The standard InChI is InChI=1S/C11H11NO/c13-10-6-8-2-1-3-9(7-4-5-7)11(8)12-10/h1-3,7H,4-6H2,(H,12,13). The average Bonchev–Trinajstić information content (AvgIpc) is 2.86. The predicted molar refractivity (Wildman–Crippen MR) is 50.8 cm³/mol. The first kappa shape index (κ1) is 7.13. The third-order valence-electron chi connectivity index (χ3n) is 2.82. The molecule has 0 spiro atoms. The molecule has 1 aromatic rings. The zero-order valence-electron chi connectivity index (χ0n) is 7.34. The number of benzene rings is 1. The lowest BCUT2D eigenvalue weighted by Gasteiger charge is -2.05. The summed E-state index contributed by atoms with van der Waals surface area (Å²) in [5.41, 5.74) is 3.63. The fourth-order valence-electron chi connectivity index (χ4n) is 2.01. The third-order valence-corrected chi connectivity index (χ3v) is 2.82. The Balaban J connectivity index is 2.12. The number of nitrogens with one attached hydrogen (secondary N) is 1. The summed E-state index contributed by atoms with van der Waals surface area (Å²) in [5, 5.41) is 2.95. The van der Waals surface area contributed by atoms with Gasteiger partial charge in [-0.1, -0.05) is 18.2 Å². The molecule has 0 aromatic heterocycles. The van der Waals surface area contributed by atoms with Crippen molar-refractivity contribution in [3.63, 3.8) is 0 Å². The number of rotatable bonds is 1. The van der Waals surface area contributed by atoms with E-state index in [1.54, 1.807) is 0 Å². The minimum absolute atomic E-state index is 0.142. The Morgan fingerprint density at radius 2 is 2.15 bits per heavy atom. The molecular weight excluding hydrogens is 162 g/mol. The van der Waals surface area contributed by atoms with Crippen molar-refractivity contribution in [2.75, 3.05) is 5.32 Å². The first-order valence-electron chi connectivity index (χ1n) is 4.76. The Morgan fingerprint density at radius 1 is 1.31 bits per heavy atom. The molecule has 1 saturated carbocycles. The number of hydrogen-bond donors (Lipinski definition) is 1. The molecule has 1 aliphatic heterocycles. The average molecular weight is 173 g/mol. The van der Waals surface area contributed by atoms with E-state index >= 15 is 0 Å². The zero-order valence-corrected chi connectivity index (χ0v) is 7.34. The predicted octanol–water partition coefficient (Wildman–Crippen LogP) is 2.06. The summed E-state index contributed by atoms with van der Waals surface area (Å²) in [5.74, 6) is 0.858. The maximum absolute atomic E-state index is 11.2. The van der Waals surface area contributed by atoms with Crippen LogP contribution in [0, 0.1) is 0 Å². The van der Waals surface area contributed by atoms with E-state index in [2.05, 4.69) is 17.4 Å². The van der Waals surface area contributed by atoms with Crippen molar-refractivity contribution < 1.29 is 4.79 Å². The van der Waals surface area contributed by atoms with Gasteiger partial charge in [0.05, 0.1) is 6.42 Å². The fraction of sp³-hybridized carbons (Fsp3) is 0.364. The highest BCUT2D eigenvalue weighted by molar-refractivity contribution is 6.00. The van der Waals surface area contributed by atoms with Crippen LogP contribution in [0.3, 0.4) is 0 Å². The van der Waals surface area contributed by atoms with Gasteiger partial charge < -0.3 is 5.32 Å². The molecule has 2 heteroatoms. The molecule has 1 aromatic carbocycles. The Morgan fingerprint density at radius 3 is 2.92 bits per heavy atom. The topological polar surface area (TPSA) is 29.1 Å². The number of para-hydroxylation sites is 1. The van der Waals surface area contributed by atoms with Gasteiger partial charge >= 0.3 is 0 Å². The SMILES string of the molecule is O=C1Cc2cccc(C3CC3)c2N1. The molecule has 1 aliphatic carbocycles. The summed E-state index contributed by atoms with van der Waals surface area (Å²) in [7, 11) is 0. The van der Waals surface area contributed by atoms with Crippen LogP contribution in [0.1, 0.15) is 29.9 Å². The van der Waals surface area contributed by atoms with Crippen molar-refractivity contribution in [3.8, 4) is 0 Å². The number of carbonyl (C=O) groups is 1. The highest BCUT2D eigenvalue weighted by Crippen LogP contribution is 2.45. The largest absolute Gasteiger partial charge is 0.325 e. The van der Waals surface area contributed by atoms with Crippen molar-refractivity contribution in [1.82, 2.24) is 0 Å². The van der Waals surface area contributed by atoms with E-state index in [1.807, 2.05) is 6.07 Å². The molecule has 0 atom stereocenters. The van der Waals surface area contributed by atoms with Gasteiger partial charge in [-0.25, -0.2) is 0 Å². The van der Waals surface area contributed by atoms with E-state index < -0.39 is 0 Å². The third kappa shape index (κ3) is 1.05. The van der Waals surface area contributed by atoms with Crippen LogP contribution in [0.25, 0.3) is 0 Å². The lowest BCUT2D eigenvalue weighted by Crippen LogP contribution is -2.04. The van der Waals surface area contributed by atoms with Crippen LogP contribution < -0.4 is 5.32 Å². The van der Waals surface area contributed by atoms with Gasteiger partial charge in [-0.15, -0.1) is 0 Å². The van der Waals surface area contributed by atoms with Gasteiger partial charge in [-0.05, 0) is 29.9 Å². The molecule has 2 aliphatic rings. The minimum Gasteiger partial charge on any atom is -0.325 e. The normalized spacial score (nSPS) is 19.8. The maximum atomic E-state index is 11.2. The number of anilines is 1. The monoisotopic (exact) mass is 173 g/mol. The van der Waals surface area contributed by atoms with Crippen LogP contribution in [0.5, 0.6) is 0 Å². The molecule has 66 valence electrons. The van der Waals surface area contributed by atoms with Crippen molar-refractivity contribution in [2.45, 2.75) is 25.2 Å². The highest BCUT2D eigenvalue weighted by atomic mass is 16.1. The van der Waals surface area contributed by atoms with Gasteiger partial charge in [0.15, 0.2) is 0 Å². The summed E-state index contributed by atoms with van der Waals surface area (Å²) in [6, 6.07) is 6.24. The van der Waals surface area contributed by atoms with E-state index in [-0.39, 0.29) is 5.91 Å². The molecule has 1 N–H and O–H groups in total. The second-order valence-corrected chi connectivity index (χ2v) is 3.88. The van der Waals surface area contributed by atoms with E-state index in [0.29, 0.717) is 12.3 Å². The molecule has 1 heterocycles. The zero-order chi connectivity index (χ0) is 8.84. The smallest absolute Gasteiger partial charge is 0.228 e. The van der Waals surface area contributed by atoms with Crippen LogP contribution in [-0.2, 0) is 11.2 Å². The molecule has 1 amide bonds. The number of fused-ring (bicyclic) bond motifs is 1. The molecule has 13 heavy (non-hydrogen) atoms. The molecule has 3 rings (SSSR count). The summed E-state index contributed by atoms with van der Waals surface area (Å²) < 4.78 is 0. The summed E-state index contributed by atoms with van der Waals surface area (Å²) in [6.07, 6.45) is 3.13. The van der Waals surface area contributed by atoms with E-state index in [0.717, 1.165) is 5.69 Å². The first-order valence-corrected chi connectivity index (χ1v) is 4.76. The fourth-order valence-corrected chi connectivity index (χ4v) is 2.01. The van der Waals surface area contributed by atoms with E-state index in [1.165, 1.54) is 24.0 Å². The van der Waals surface area contributed by atoms with E-state index in [4.69, 9.17) is 0 Å². The van der Waals surface area contributed by atoms with Crippen molar-refractivity contribution in [2.24, 2.45) is 0 Å². The molecule has 1 fully saturated rings. The lowest BCUT2D eigenvalue weighted by molar-refractivity contribution is -0.115. The van der Waals surface area contributed by atoms with Crippen LogP contribution in [-0.4, -0.2) is 5.91 Å². The second kappa shape index (κ2) is 2.34. The summed E-state index contributed by atoms with van der Waals surface area (Å²) in [4.78, 5) is 11.2. The molecular formula is C11H11NO. The van der Waals surface area contributed by atoms with Crippen LogP contribution in [0.15, 0.2) is 18.2 Å². The Bertz CT molecular complexity index is 380. The second-order valence-electron chi connectivity index (χ2n) is 3.88. The summed E-state index contributed by atoms with van der Waals surface area (Å²) >= 11 is 0. The Labute approximate surface area is 77.0 Å². The van der Waals surface area contributed by atoms with Gasteiger partial charge in [0.25, 0.3) is 0 Å². The van der Waals surface area contributed by atoms with Gasteiger partial charge in [0.1, 0.15) is 0 Å². The molecule has 0 bridgehead atoms. The van der Waals surface area contributed by atoms with Crippen LogP contribution in [0.4, 0.5) is 5.69 Å². The molecule has 0 saturated heterocycles. The molecule has 0 unspecified atom stereocenters. The number of hydrogen-bond acceptors (Lipinski definition) is 1. The number of amides is 1. The number of carbonyl (C=O) groups excluding carboxylic acids is 1. The lowest BCUT2D eigenvalue weighted by atomic mass is 10.0. The van der Waals surface area contributed by atoms with Crippen molar-refractivity contribution in [3.05, 3.63) is 29.3 Å². The maximum Gasteiger partial charge on any atom is 0.228 e. The molecule has 0 radical (unpaired) electrons. The summed E-state index contributed by atoms with van der Waals surface area (Å²) in [6.45, 7) is 0. The van der Waals surface area contributed by atoms with E-state index in [9.17, 15) is 4.79 Å². The highest BCUT2D eigenvalue weighted by Gasteiger charge is 2.29. The van der Waals surface area contributed by atoms with Crippen molar-refractivity contribution >= 4 is 11.6 Å². The van der Waals surface area contributed by atoms with Gasteiger partial charge in [0, 0.05) is 5.69 Å². The first-order chi connectivity index (χ1) is 6.34. The minimum atomic E-state index is 0.142. The van der Waals surface area contributed by atoms with Crippen LogP contribution >= 0.6 is 0 Å². The van der Waals surface area contributed by atoms with Gasteiger partial charge in [-0.2, -0.15) is 0 Å². The van der Waals surface area contributed by atoms with Crippen LogP contribution in [0.2, 0.25) is 0 Å². The quantitative estimate of drug-likeness (QED) is 0.692. The Hall–Kier alpha value is -1.31. The Kier molecular flexibility index (Phi) is 1.29. The molecule has 2 nitrogen and oxygen atoms in total.